The lowest BCUT2D eigenvalue weighted by Gasteiger charge is -2.01. The summed E-state index contributed by atoms with van der Waals surface area (Å²) in [6.07, 6.45) is 3.52. The van der Waals surface area contributed by atoms with E-state index in [1.165, 1.54) is 12.8 Å². The first-order valence-corrected chi connectivity index (χ1v) is 6.12. The summed E-state index contributed by atoms with van der Waals surface area (Å²) in [5.41, 5.74) is 5.42. The van der Waals surface area contributed by atoms with Crippen molar-refractivity contribution in [3.05, 3.63) is 5.82 Å². The van der Waals surface area contributed by atoms with E-state index in [2.05, 4.69) is 15.5 Å². The van der Waals surface area contributed by atoms with Gasteiger partial charge in [-0.05, 0) is 42.0 Å². The molecule has 1 saturated carbocycles. The standard InChI is InChI=1S/C8H15N5S/c9-4-1-5-14-6-8-10-11-12-13(8)7-2-3-7/h7H,1-6,9H2. The van der Waals surface area contributed by atoms with Gasteiger partial charge in [-0.1, -0.05) is 0 Å². The lowest BCUT2D eigenvalue weighted by atomic mass is 10.5. The van der Waals surface area contributed by atoms with Crippen LogP contribution < -0.4 is 5.73 Å². The maximum Gasteiger partial charge on any atom is 0.161 e. The lowest BCUT2D eigenvalue weighted by molar-refractivity contribution is 0.593. The average Bonchev–Trinajstić information content (AvgIpc) is 2.94. The molecule has 1 aliphatic rings. The van der Waals surface area contributed by atoms with E-state index < -0.39 is 0 Å². The van der Waals surface area contributed by atoms with Gasteiger partial charge in [0.2, 0.25) is 0 Å². The van der Waals surface area contributed by atoms with Gasteiger partial charge >= 0.3 is 0 Å². The zero-order valence-electron chi connectivity index (χ0n) is 8.09. The van der Waals surface area contributed by atoms with E-state index in [0.29, 0.717) is 6.04 Å². The number of thioether (sulfide) groups is 1. The minimum atomic E-state index is 0.579. The molecular weight excluding hydrogens is 198 g/mol. The van der Waals surface area contributed by atoms with Gasteiger partial charge in [0.1, 0.15) is 0 Å². The van der Waals surface area contributed by atoms with Gasteiger partial charge < -0.3 is 5.73 Å². The van der Waals surface area contributed by atoms with Crippen LogP contribution in [0.15, 0.2) is 0 Å². The maximum atomic E-state index is 5.42. The Bertz CT molecular complexity index is 283. The van der Waals surface area contributed by atoms with E-state index in [-0.39, 0.29) is 0 Å². The second-order valence-corrected chi connectivity index (χ2v) is 4.57. The molecule has 2 rings (SSSR count). The summed E-state index contributed by atoms with van der Waals surface area (Å²) >= 11 is 1.85. The molecule has 5 nitrogen and oxygen atoms in total. The fourth-order valence-electron chi connectivity index (χ4n) is 1.26. The van der Waals surface area contributed by atoms with Crippen LogP contribution in [0.4, 0.5) is 0 Å². The fraction of sp³-hybridized carbons (Fsp3) is 0.875. The molecular formula is C8H15N5S. The lowest BCUT2D eigenvalue weighted by Crippen LogP contribution is -2.03. The summed E-state index contributed by atoms with van der Waals surface area (Å²) in [5, 5.41) is 11.7. The Morgan fingerprint density at radius 3 is 3.07 bits per heavy atom. The molecule has 78 valence electrons. The van der Waals surface area contributed by atoms with Crippen LogP contribution in [0, 0.1) is 0 Å². The highest BCUT2D eigenvalue weighted by Crippen LogP contribution is 2.34. The van der Waals surface area contributed by atoms with Crippen molar-refractivity contribution >= 4 is 11.8 Å². The molecule has 6 heteroatoms. The highest BCUT2D eigenvalue weighted by molar-refractivity contribution is 7.98. The highest BCUT2D eigenvalue weighted by atomic mass is 32.2. The van der Waals surface area contributed by atoms with Gasteiger partial charge in [0.05, 0.1) is 11.8 Å². The molecule has 0 saturated heterocycles. The normalized spacial score (nSPS) is 16.1. The van der Waals surface area contributed by atoms with Gasteiger partial charge in [0.15, 0.2) is 5.82 Å². The zero-order chi connectivity index (χ0) is 9.80. The van der Waals surface area contributed by atoms with E-state index in [1.807, 2.05) is 16.4 Å². The van der Waals surface area contributed by atoms with E-state index in [9.17, 15) is 0 Å². The van der Waals surface area contributed by atoms with Crippen LogP contribution in [0.25, 0.3) is 0 Å². The molecule has 14 heavy (non-hydrogen) atoms. The summed E-state index contributed by atoms with van der Waals surface area (Å²) in [6.45, 7) is 0.764. The van der Waals surface area contributed by atoms with E-state index in [4.69, 9.17) is 5.73 Å². The Balaban J connectivity index is 1.80. The largest absolute Gasteiger partial charge is 0.330 e. The van der Waals surface area contributed by atoms with Gasteiger partial charge in [0.25, 0.3) is 0 Å². The smallest absolute Gasteiger partial charge is 0.161 e. The first kappa shape index (κ1) is 9.92. The van der Waals surface area contributed by atoms with Gasteiger partial charge in [-0.2, -0.15) is 11.8 Å². The summed E-state index contributed by atoms with van der Waals surface area (Å²) in [6, 6.07) is 0.579. The van der Waals surface area contributed by atoms with Crippen molar-refractivity contribution in [1.29, 1.82) is 0 Å². The van der Waals surface area contributed by atoms with Crippen LogP contribution in [0.3, 0.4) is 0 Å². The van der Waals surface area contributed by atoms with Crippen LogP contribution in [-0.4, -0.2) is 32.5 Å². The number of nitrogens with two attached hydrogens (primary N) is 1. The van der Waals surface area contributed by atoms with E-state index in [0.717, 1.165) is 30.3 Å². The minimum absolute atomic E-state index is 0.579. The average molecular weight is 213 g/mol. The maximum absolute atomic E-state index is 5.42. The minimum Gasteiger partial charge on any atom is -0.330 e. The Kier molecular flexibility index (Phi) is 3.36. The Hall–Kier alpha value is -0.620. The topological polar surface area (TPSA) is 69.6 Å². The summed E-state index contributed by atoms with van der Waals surface area (Å²) in [7, 11) is 0. The molecule has 1 fully saturated rings. The van der Waals surface area contributed by atoms with Crippen molar-refractivity contribution in [2.45, 2.75) is 31.1 Å². The first-order chi connectivity index (χ1) is 6.92. The van der Waals surface area contributed by atoms with Crippen molar-refractivity contribution in [3.63, 3.8) is 0 Å². The SMILES string of the molecule is NCCCSCc1nnnn1C1CC1. The molecule has 1 aromatic heterocycles. The van der Waals surface area contributed by atoms with Crippen LogP contribution in [0.2, 0.25) is 0 Å². The van der Waals surface area contributed by atoms with Crippen molar-refractivity contribution in [3.8, 4) is 0 Å². The monoisotopic (exact) mass is 213 g/mol. The number of rotatable bonds is 6. The molecule has 0 unspecified atom stereocenters. The second-order valence-electron chi connectivity index (χ2n) is 3.47. The van der Waals surface area contributed by atoms with Crippen LogP contribution in [0.1, 0.15) is 31.1 Å². The second kappa shape index (κ2) is 4.75. The van der Waals surface area contributed by atoms with Crippen molar-refractivity contribution in [2.75, 3.05) is 12.3 Å². The zero-order valence-corrected chi connectivity index (χ0v) is 8.91. The van der Waals surface area contributed by atoms with E-state index in [1.54, 1.807) is 0 Å². The van der Waals surface area contributed by atoms with Crippen molar-refractivity contribution in [2.24, 2.45) is 5.73 Å². The third-order valence-electron chi connectivity index (χ3n) is 2.18. The fourth-order valence-corrected chi connectivity index (χ4v) is 2.15. The molecule has 0 spiro atoms. The molecule has 1 aliphatic carbocycles. The summed E-state index contributed by atoms with van der Waals surface area (Å²) < 4.78 is 1.97. The Morgan fingerprint density at radius 1 is 1.50 bits per heavy atom. The Labute approximate surface area is 87.4 Å². The van der Waals surface area contributed by atoms with Gasteiger partial charge in [0, 0.05) is 0 Å². The summed E-state index contributed by atoms with van der Waals surface area (Å²) in [4.78, 5) is 0. The van der Waals surface area contributed by atoms with Crippen molar-refractivity contribution < 1.29 is 0 Å². The number of hydrogen-bond acceptors (Lipinski definition) is 5. The van der Waals surface area contributed by atoms with E-state index >= 15 is 0 Å². The quantitative estimate of drug-likeness (QED) is 0.700. The predicted octanol–water partition coefficient (Wildman–Crippen LogP) is 0.590. The third-order valence-corrected chi connectivity index (χ3v) is 3.22. The summed E-state index contributed by atoms with van der Waals surface area (Å²) in [5.74, 6) is 3.01. The molecule has 0 bridgehead atoms. The van der Waals surface area contributed by atoms with Crippen LogP contribution >= 0.6 is 11.8 Å². The molecule has 0 atom stereocenters. The molecule has 0 aromatic carbocycles. The van der Waals surface area contributed by atoms with Crippen molar-refractivity contribution in [1.82, 2.24) is 20.2 Å². The number of nitrogens with zero attached hydrogens (tertiary/aromatic N) is 4. The number of aromatic nitrogens is 4. The van der Waals surface area contributed by atoms with Gasteiger partial charge in [-0.3, -0.25) is 0 Å². The van der Waals surface area contributed by atoms with Gasteiger partial charge in [-0.25, -0.2) is 4.68 Å². The predicted molar refractivity (Wildman–Crippen MR) is 55.9 cm³/mol. The molecule has 1 heterocycles. The number of tetrazole rings is 1. The van der Waals surface area contributed by atoms with Gasteiger partial charge in [-0.15, -0.1) is 5.10 Å². The molecule has 0 aliphatic heterocycles. The van der Waals surface area contributed by atoms with Crippen LogP contribution in [-0.2, 0) is 5.75 Å². The Morgan fingerprint density at radius 2 is 2.36 bits per heavy atom. The molecule has 1 aromatic rings. The molecule has 0 amide bonds. The first-order valence-electron chi connectivity index (χ1n) is 4.96. The molecule has 0 radical (unpaired) electrons. The number of hydrogen-bond donors (Lipinski definition) is 1. The third kappa shape index (κ3) is 2.45. The van der Waals surface area contributed by atoms with Crippen LogP contribution in [0.5, 0.6) is 0 Å². The molecule has 2 N–H and O–H groups in total. The highest BCUT2D eigenvalue weighted by Gasteiger charge is 2.27.